The van der Waals surface area contributed by atoms with Gasteiger partial charge in [-0.2, -0.15) is 0 Å². The van der Waals surface area contributed by atoms with Crippen molar-refractivity contribution in [3.63, 3.8) is 0 Å². The maximum Gasteiger partial charge on any atom is 0.178 e. The summed E-state index contributed by atoms with van der Waals surface area (Å²) in [4.78, 5) is 0. The van der Waals surface area contributed by atoms with E-state index in [0.29, 0.717) is 12.8 Å². The van der Waals surface area contributed by atoms with Crippen LogP contribution in [0, 0.1) is 5.82 Å². The Labute approximate surface area is 118 Å². The molecule has 2 rings (SSSR count). The van der Waals surface area contributed by atoms with Gasteiger partial charge in [-0.05, 0) is 37.0 Å². The number of aryl methyl sites for hydroxylation is 1. The lowest BCUT2D eigenvalue weighted by atomic mass is 9.85. The second-order valence-electron chi connectivity index (χ2n) is 5.40. The van der Waals surface area contributed by atoms with Crippen LogP contribution in [0.4, 0.5) is 4.39 Å². The van der Waals surface area contributed by atoms with E-state index in [1.165, 1.54) is 18.2 Å². The summed E-state index contributed by atoms with van der Waals surface area (Å²) >= 11 is 0. The Balaban J connectivity index is 2.06. The van der Waals surface area contributed by atoms with Crippen molar-refractivity contribution in [3.05, 3.63) is 47.5 Å². The minimum absolute atomic E-state index is 0.177. The molecule has 1 aliphatic rings. The fourth-order valence-electron chi connectivity index (χ4n) is 2.78. The highest BCUT2D eigenvalue weighted by molar-refractivity contribution is 5.17. The molecule has 0 amide bonds. The first-order valence-corrected chi connectivity index (χ1v) is 7.03. The molecule has 0 spiro atoms. The second-order valence-corrected chi connectivity index (χ2v) is 5.40. The average Bonchev–Trinajstić information content (AvgIpc) is 2.37. The van der Waals surface area contributed by atoms with Gasteiger partial charge in [-0.3, -0.25) is 0 Å². The van der Waals surface area contributed by atoms with E-state index in [1.54, 1.807) is 12.1 Å². The Morgan fingerprint density at radius 1 is 1.30 bits per heavy atom. The number of rotatable bonds is 5. The van der Waals surface area contributed by atoms with Gasteiger partial charge in [0.2, 0.25) is 0 Å². The third kappa shape index (κ3) is 3.81. The lowest BCUT2D eigenvalue weighted by Gasteiger charge is -2.38. The summed E-state index contributed by atoms with van der Waals surface area (Å²) in [7, 11) is 0. The molecular formula is C16H21FO3. The molecule has 1 aliphatic heterocycles. The molecule has 0 fully saturated rings. The molecule has 0 saturated carbocycles. The van der Waals surface area contributed by atoms with Gasteiger partial charge in [0.15, 0.2) is 6.29 Å². The highest BCUT2D eigenvalue weighted by Crippen LogP contribution is 2.35. The molecule has 1 aromatic carbocycles. The predicted octanol–water partition coefficient (Wildman–Crippen LogP) is 3.48. The Bertz CT molecular complexity index is 469. The molecule has 0 aromatic heterocycles. The molecule has 3 nitrogen and oxygen atoms in total. The molecule has 2 unspecified atom stereocenters. The summed E-state index contributed by atoms with van der Waals surface area (Å²) in [5.41, 5.74) is 0.482. The number of ether oxygens (including phenoxy) is 1. The van der Waals surface area contributed by atoms with Crippen LogP contribution in [-0.4, -0.2) is 22.1 Å². The van der Waals surface area contributed by atoms with Crippen molar-refractivity contribution in [3.8, 4) is 0 Å². The number of aliphatic hydroxyl groups is 2. The SMILES string of the molecule is CCCC1(CCc2ccc(F)cc2)CC(O)=CC(O)O1. The van der Waals surface area contributed by atoms with Crippen LogP contribution >= 0.6 is 0 Å². The van der Waals surface area contributed by atoms with E-state index in [1.807, 2.05) is 6.92 Å². The highest BCUT2D eigenvalue weighted by atomic mass is 19.1. The molecule has 0 radical (unpaired) electrons. The first-order chi connectivity index (χ1) is 9.53. The van der Waals surface area contributed by atoms with Crippen molar-refractivity contribution >= 4 is 0 Å². The van der Waals surface area contributed by atoms with Crippen LogP contribution in [-0.2, 0) is 11.2 Å². The zero-order valence-corrected chi connectivity index (χ0v) is 11.7. The number of benzene rings is 1. The van der Waals surface area contributed by atoms with Crippen molar-refractivity contribution in [1.82, 2.24) is 0 Å². The zero-order chi connectivity index (χ0) is 14.6. The molecule has 0 bridgehead atoms. The third-order valence-corrected chi connectivity index (χ3v) is 3.70. The molecule has 4 heteroatoms. The Kier molecular flexibility index (Phi) is 4.78. The molecule has 2 N–H and O–H groups in total. The van der Waals surface area contributed by atoms with Gasteiger partial charge in [-0.25, -0.2) is 4.39 Å². The normalized spacial score (nSPS) is 26.4. The summed E-state index contributed by atoms with van der Waals surface area (Å²) in [6.07, 6.45) is 3.77. The lowest BCUT2D eigenvalue weighted by Crippen LogP contribution is -2.40. The monoisotopic (exact) mass is 280 g/mol. The van der Waals surface area contributed by atoms with Gasteiger partial charge in [-0.1, -0.05) is 25.5 Å². The lowest BCUT2D eigenvalue weighted by molar-refractivity contribution is -0.180. The number of hydrogen-bond donors (Lipinski definition) is 2. The number of aliphatic hydroxyl groups excluding tert-OH is 2. The van der Waals surface area contributed by atoms with Crippen molar-refractivity contribution < 1.29 is 19.3 Å². The van der Waals surface area contributed by atoms with Crippen molar-refractivity contribution in [2.75, 3.05) is 0 Å². The molecular weight excluding hydrogens is 259 g/mol. The first-order valence-electron chi connectivity index (χ1n) is 7.03. The Hall–Kier alpha value is -1.39. The van der Waals surface area contributed by atoms with Crippen LogP contribution in [0.15, 0.2) is 36.1 Å². The molecule has 2 atom stereocenters. The molecule has 0 aliphatic carbocycles. The zero-order valence-electron chi connectivity index (χ0n) is 11.7. The van der Waals surface area contributed by atoms with Crippen LogP contribution in [0.25, 0.3) is 0 Å². The average molecular weight is 280 g/mol. The van der Waals surface area contributed by atoms with Gasteiger partial charge < -0.3 is 14.9 Å². The number of hydrogen-bond acceptors (Lipinski definition) is 3. The van der Waals surface area contributed by atoms with Crippen molar-refractivity contribution in [2.45, 2.75) is 50.9 Å². The van der Waals surface area contributed by atoms with E-state index in [-0.39, 0.29) is 11.6 Å². The smallest absolute Gasteiger partial charge is 0.178 e. The fraction of sp³-hybridized carbons (Fsp3) is 0.500. The summed E-state index contributed by atoms with van der Waals surface area (Å²) in [5.74, 6) is -0.0711. The van der Waals surface area contributed by atoms with E-state index in [0.717, 1.165) is 24.8 Å². The van der Waals surface area contributed by atoms with Crippen LogP contribution in [0.5, 0.6) is 0 Å². The van der Waals surface area contributed by atoms with Crippen molar-refractivity contribution in [2.24, 2.45) is 0 Å². The quantitative estimate of drug-likeness (QED) is 0.868. The standard InChI is InChI=1S/C16H21FO3/c1-2-8-16(11-14(18)10-15(19)20-16)9-7-12-3-5-13(17)6-4-12/h3-6,10,15,18-19H,2,7-9,11H2,1H3. The third-order valence-electron chi connectivity index (χ3n) is 3.70. The summed E-state index contributed by atoms with van der Waals surface area (Å²) in [5, 5.41) is 19.4. The van der Waals surface area contributed by atoms with E-state index >= 15 is 0 Å². The molecule has 0 saturated heterocycles. The summed E-state index contributed by atoms with van der Waals surface area (Å²) in [6, 6.07) is 6.39. The molecule has 1 aromatic rings. The first kappa shape index (κ1) is 15.0. The minimum Gasteiger partial charge on any atom is -0.512 e. The van der Waals surface area contributed by atoms with Crippen LogP contribution < -0.4 is 0 Å². The topological polar surface area (TPSA) is 49.7 Å². The Morgan fingerprint density at radius 2 is 2.00 bits per heavy atom. The fourth-order valence-corrected chi connectivity index (χ4v) is 2.78. The largest absolute Gasteiger partial charge is 0.512 e. The molecule has 20 heavy (non-hydrogen) atoms. The van der Waals surface area contributed by atoms with Gasteiger partial charge in [0.1, 0.15) is 5.82 Å². The maximum atomic E-state index is 12.9. The molecule has 110 valence electrons. The van der Waals surface area contributed by atoms with E-state index in [4.69, 9.17) is 4.74 Å². The van der Waals surface area contributed by atoms with Crippen LogP contribution in [0.1, 0.15) is 38.2 Å². The van der Waals surface area contributed by atoms with E-state index in [9.17, 15) is 14.6 Å². The van der Waals surface area contributed by atoms with Crippen LogP contribution in [0.2, 0.25) is 0 Å². The minimum atomic E-state index is -1.05. The van der Waals surface area contributed by atoms with E-state index in [2.05, 4.69) is 0 Å². The van der Waals surface area contributed by atoms with Gasteiger partial charge in [0.05, 0.1) is 11.4 Å². The maximum absolute atomic E-state index is 12.9. The van der Waals surface area contributed by atoms with E-state index < -0.39 is 11.9 Å². The van der Waals surface area contributed by atoms with Gasteiger partial charge >= 0.3 is 0 Å². The van der Waals surface area contributed by atoms with Crippen molar-refractivity contribution in [1.29, 1.82) is 0 Å². The Morgan fingerprint density at radius 3 is 2.60 bits per heavy atom. The number of halogens is 1. The summed E-state index contributed by atoms with van der Waals surface area (Å²) < 4.78 is 18.6. The van der Waals surface area contributed by atoms with Gasteiger partial charge in [0, 0.05) is 12.5 Å². The molecule has 1 heterocycles. The van der Waals surface area contributed by atoms with Gasteiger partial charge in [0.25, 0.3) is 0 Å². The second kappa shape index (κ2) is 6.37. The summed E-state index contributed by atoms with van der Waals surface area (Å²) in [6.45, 7) is 2.05. The van der Waals surface area contributed by atoms with Gasteiger partial charge in [-0.15, -0.1) is 0 Å². The predicted molar refractivity (Wildman–Crippen MR) is 74.8 cm³/mol. The van der Waals surface area contributed by atoms with Crippen LogP contribution in [0.3, 0.4) is 0 Å². The highest BCUT2D eigenvalue weighted by Gasteiger charge is 2.36.